The molecule has 1 amide bonds. The highest BCUT2D eigenvalue weighted by atomic mass is 32.1. The van der Waals surface area contributed by atoms with Gasteiger partial charge in [-0.2, -0.15) is 0 Å². The molecule has 1 saturated heterocycles. The fourth-order valence-corrected chi connectivity index (χ4v) is 3.18. The molecule has 19 heavy (non-hydrogen) atoms. The SMILES string of the molecule is CCc1ccsc1C(=O)NC1(CC(=O)O)CCOC1. The van der Waals surface area contributed by atoms with Gasteiger partial charge in [-0.25, -0.2) is 0 Å². The molecule has 0 radical (unpaired) electrons. The summed E-state index contributed by atoms with van der Waals surface area (Å²) in [5.41, 5.74) is 0.227. The smallest absolute Gasteiger partial charge is 0.305 e. The first-order chi connectivity index (χ1) is 9.06. The molecule has 1 fully saturated rings. The lowest BCUT2D eigenvalue weighted by atomic mass is 9.94. The molecule has 6 heteroatoms. The first kappa shape index (κ1) is 14.0. The maximum atomic E-state index is 12.3. The molecule has 0 spiro atoms. The van der Waals surface area contributed by atoms with E-state index >= 15 is 0 Å². The van der Waals surface area contributed by atoms with E-state index in [9.17, 15) is 9.59 Å². The van der Waals surface area contributed by atoms with Crippen LogP contribution in [0.5, 0.6) is 0 Å². The third-order valence-electron chi connectivity index (χ3n) is 3.31. The van der Waals surface area contributed by atoms with Crippen molar-refractivity contribution >= 4 is 23.2 Å². The number of ether oxygens (including phenoxy) is 1. The summed E-state index contributed by atoms with van der Waals surface area (Å²) in [5, 5.41) is 13.7. The van der Waals surface area contributed by atoms with Crippen molar-refractivity contribution in [3.05, 3.63) is 21.9 Å². The van der Waals surface area contributed by atoms with E-state index < -0.39 is 11.5 Å². The topological polar surface area (TPSA) is 75.6 Å². The molecule has 0 aliphatic carbocycles. The summed E-state index contributed by atoms with van der Waals surface area (Å²) in [6.07, 6.45) is 1.22. The van der Waals surface area contributed by atoms with Crippen LogP contribution in [-0.4, -0.2) is 35.7 Å². The van der Waals surface area contributed by atoms with Gasteiger partial charge < -0.3 is 15.2 Å². The average Bonchev–Trinajstić information content (AvgIpc) is 2.96. The molecule has 1 aliphatic rings. The number of carbonyl (C=O) groups is 2. The molecular formula is C13H17NO4S. The summed E-state index contributed by atoms with van der Waals surface area (Å²) in [4.78, 5) is 23.9. The van der Waals surface area contributed by atoms with Crippen LogP contribution in [0.2, 0.25) is 0 Å². The maximum Gasteiger partial charge on any atom is 0.305 e. The van der Waals surface area contributed by atoms with Gasteiger partial charge in [-0.3, -0.25) is 9.59 Å². The molecule has 2 rings (SSSR count). The van der Waals surface area contributed by atoms with E-state index in [0.29, 0.717) is 17.9 Å². The molecule has 1 aromatic rings. The predicted octanol–water partition coefficient (Wildman–Crippen LogP) is 1.67. The fourth-order valence-electron chi connectivity index (χ4n) is 2.29. The van der Waals surface area contributed by atoms with Gasteiger partial charge in [-0.1, -0.05) is 6.92 Å². The molecule has 5 nitrogen and oxygen atoms in total. The van der Waals surface area contributed by atoms with E-state index in [1.165, 1.54) is 11.3 Å². The lowest BCUT2D eigenvalue weighted by Crippen LogP contribution is -2.50. The minimum Gasteiger partial charge on any atom is -0.481 e. The van der Waals surface area contributed by atoms with Crippen molar-refractivity contribution in [1.82, 2.24) is 5.32 Å². The average molecular weight is 283 g/mol. The zero-order chi connectivity index (χ0) is 13.9. The summed E-state index contributed by atoms with van der Waals surface area (Å²) < 4.78 is 5.26. The van der Waals surface area contributed by atoms with Crippen molar-refractivity contribution in [1.29, 1.82) is 0 Å². The molecule has 0 bridgehead atoms. The number of rotatable bonds is 5. The number of carboxylic acid groups (broad SMARTS) is 1. The van der Waals surface area contributed by atoms with E-state index in [0.717, 1.165) is 12.0 Å². The van der Waals surface area contributed by atoms with Gasteiger partial charge >= 0.3 is 5.97 Å². The Morgan fingerprint density at radius 1 is 1.58 bits per heavy atom. The van der Waals surface area contributed by atoms with Crippen molar-refractivity contribution in [2.24, 2.45) is 0 Å². The highest BCUT2D eigenvalue weighted by Gasteiger charge is 2.39. The van der Waals surface area contributed by atoms with Crippen molar-refractivity contribution in [2.45, 2.75) is 31.7 Å². The van der Waals surface area contributed by atoms with Gasteiger partial charge in [0.15, 0.2) is 0 Å². The van der Waals surface area contributed by atoms with E-state index in [-0.39, 0.29) is 18.9 Å². The molecule has 1 aliphatic heterocycles. The third-order valence-corrected chi connectivity index (χ3v) is 4.26. The lowest BCUT2D eigenvalue weighted by Gasteiger charge is -2.26. The number of nitrogens with one attached hydrogen (secondary N) is 1. The van der Waals surface area contributed by atoms with Gasteiger partial charge in [0.1, 0.15) is 0 Å². The van der Waals surface area contributed by atoms with Gasteiger partial charge in [0.05, 0.1) is 23.4 Å². The van der Waals surface area contributed by atoms with Crippen molar-refractivity contribution in [3.8, 4) is 0 Å². The van der Waals surface area contributed by atoms with Gasteiger partial charge in [0, 0.05) is 6.61 Å². The van der Waals surface area contributed by atoms with Crippen molar-refractivity contribution in [3.63, 3.8) is 0 Å². The fraction of sp³-hybridized carbons (Fsp3) is 0.538. The number of carboxylic acids is 1. The number of aliphatic carboxylic acids is 1. The van der Waals surface area contributed by atoms with Gasteiger partial charge in [-0.15, -0.1) is 11.3 Å². The Kier molecular flexibility index (Phi) is 4.21. The molecule has 1 aromatic heterocycles. The number of amides is 1. The minimum atomic E-state index is -0.923. The summed E-state index contributed by atoms with van der Waals surface area (Å²) in [5.74, 6) is -1.12. The molecule has 2 N–H and O–H groups in total. The maximum absolute atomic E-state index is 12.3. The van der Waals surface area contributed by atoms with Crippen LogP contribution in [0.25, 0.3) is 0 Å². The summed E-state index contributed by atoms with van der Waals surface area (Å²) in [7, 11) is 0. The van der Waals surface area contributed by atoms with E-state index in [4.69, 9.17) is 9.84 Å². The number of hydrogen-bond donors (Lipinski definition) is 2. The standard InChI is InChI=1S/C13H17NO4S/c1-2-9-3-6-19-11(9)12(17)14-13(7-10(15)16)4-5-18-8-13/h3,6H,2,4-5,7-8H2,1H3,(H,14,17)(H,15,16). The highest BCUT2D eigenvalue weighted by Crippen LogP contribution is 2.25. The Morgan fingerprint density at radius 3 is 2.95 bits per heavy atom. The molecule has 0 aromatic carbocycles. The second-order valence-electron chi connectivity index (χ2n) is 4.74. The van der Waals surface area contributed by atoms with Crippen LogP contribution in [-0.2, 0) is 16.0 Å². The van der Waals surface area contributed by atoms with Crippen LogP contribution >= 0.6 is 11.3 Å². The van der Waals surface area contributed by atoms with Crippen molar-refractivity contribution in [2.75, 3.05) is 13.2 Å². The number of hydrogen-bond acceptors (Lipinski definition) is 4. The Morgan fingerprint density at radius 2 is 2.37 bits per heavy atom. The number of thiophene rings is 1. The van der Waals surface area contributed by atoms with E-state index in [2.05, 4.69) is 5.32 Å². The Labute approximate surface area is 115 Å². The Hall–Kier alpha value is -1.40. The number of carbonyl (C=O) groups excluding carboxylic acids is 1. The summed E-state index contributed by atoms with van der Waals surface area (Å²) in [6, 6.07) is 1.93. The zero-order valence-electron chi connectivity index (χ0n) is 10.8. The normalized spacial score (nSPS) is 22.4. The quantitative estimate of drug-likeness (QED) is 0.862. The monoisotopic (exact) mass is 283 g/mol. The largest absolute Gasteiger partial charge is 0.481 e. The van der Waals surface area contributed by atoms with Gasteiger partial charge in [0.2, 0.25) is 0 Å². The molecule has 104 valence electrons. The Bertz CT molecular complexity index is 477. The summed E-state index contributed by atoms with van der Waals surface area (Å²) >= 11 is 1.38. The van der Waals surface area contributed by atoms with Crippen LogP contribution in [0.1, 0.15) is 35.0 Å². The van der Waals surface area contributed by atoms with Gasteiger partial charge in [0.25, 0.3) is 5.91 Å². The number of aryl methyl sites for hydroxylation is 1. The molecule has 2 heterocycles. The van der Waals surface area contributed by atoms with Crippen LogP contribution < -0.4 is 5.32 Å². The van der Waals surface area contributed by atoms with Crippen LogP contribution in [0, 0.1) is 0 Å². The van der Waals surface area contributed by atoms with Crippen LogP contribution in [0.4, 0.5) is 0 Å². The molecule has 0 saturated carbocycles. The molecule has 1 unspecified atom stereocenters. The minimum absolute atomic E-state index is 0.106. The van der Waals surface area contributed by atoms with Crippen LogP contribution in [0.3, 0.4) is 0 Å². The second-order valence-corrected chi connectivity index (χ2v) is 5.65. The molecule has 1 atom stereocenters. The molecular weight excluding hydrogens is 266 g/mol. The highest BCUT2D eigenvalue weighted by molar-refractivity contribution is 7.12. The van der Waals surface area contributed by atoms with E-state index in [1.807, 2.05) is 18.4 Å². The lowest BCUT2D eigenvalue weighted by molar-refractivity contribution is -0.138. The second kappa shape index (κ2) is 5.71. The van der Waals surface area contributed by atoms with E-state index in [1.54, 1.807) is 0 Å². The first-order valence-corrected chi connectivity index (χ1v) is 7.13. The predicted molar refractivity (Wildman–Crippen MR) is 71.6 cm³/mol. The van der Waals surface area contributed by atoms with Crippen LogP contribution in [0.15, 0.2) is 11.4 Å². The van der Waals surface area contributed by atoms with Gasteiger partial charge in [-0.05, 0) is 29.9 Å². The first-order valence-electron chi connectivity index (χ1n) is 6.25. The summed E-state index contributed by atoms with van der Waals surface area (Å²) in [6.45, 7) is 2.74. The zero-order valence-corrected chi connectivity index (χ0v) is 11.6. The van der Waals surface area contributed by atoms with Crippen molar-refractivity contribution < 1.29 is 19.4 Å². The third kappa shape index (κ3) is 3.13. The Balaban J connectivity index is 2.13.